The summed E-state index contributed by atoms with van der Waals surface area (Å²) in [4.78, 5) is 14.6. The second-order valence-corrected chi connectivity index (χ2v) is 8.18. The summed E-state index contributed by atoms with van der Waals surface area (Å²) in [5.41, 5.74) is 7.78. The number of aromatic hydroxyl groups is 1. The SMILES string of the molecule is CCN1c2cc(C)c(/C=N/NC(=O)c3cccc(O)c3)cc2C(C)CC1(C)C. The average Bonchev–Trinajstić information content (AvgIpc) is 2.62. The first-order valence-corrected chi connectivity index (χ1v) is 9.77. The minimum Gasteiger partial charge on any atom is -0.508 e. The molecule has 1 unspecified atom stereocenters. The minimum absolute atomic E-state index is 0.0551. The first kappa shape index (κ1) is 19.9. The summed E-state index contributed by atoms with van der Waals surface area (Å²) in [5, 5.41) is 13.6. The molecule has 1 heterocycles. The number of anilines is 1. The van der Waals surface area contributed by atoms with Crippen molar-refractivity contribution in [2.24, 2.45) is 5.10 Å². The van der Waals surface area contributed by atoms with Crippen molar-refractivity contribution in [1.29, 1.82) is 0 Å². The number of fused-ring (bicyclic) bond motifs is 1. The van der Waals surface area contributed by atoms with Gasteiger partial charge in [0.1, 0.15) is 5.75 Å². The fourth-order valence-corrected chi connectivity index (χ4v) is 4.26. The van der Waals surface area contributed by atoms with Crippen LogP contribution in [0.3, 0.4) is 0 Å². The van der Waals surface area contributed by atoms with Crippen molar-refractivity contribution >= 4 is 17.8 Å². The first-order chi connectivity index (χ1) is 13.2. The highest BCUT2D eigenvalue weighted by Gasteiger charge is 2.35. The van der Waals surface area contributed by atoms with Crippen LogP contribution in [0.4, 0.5) is 5.69 Å². The van der Waals surface area contributed by atoms with Crippen LogP contribution in [-0.4, -0.2) is 29.3 Å². The number of rotatable bonds is 4. The number of phenolic OH excluding ortho intramolecular Hbond substituents is 1. The van der Waals surface area contributed by atoms with Crippen molar-refractivity contribution in [3.8, 4) is 5.75 Å². The molecule has 0 radical (unpaired) electrons. The van der Waals surface area contributed by atoms with Crippen LogP contribution < -0.4 is 10.3 Å². The third kappa shape index (κ3) is 3.88. The Morgan fingerprint density at radius 1 is 1.36 bits per heavy atom. The summed E-state index contributed by atoms with van der Waals surface area (Å²) < 4.78 is 0. The Balaban J connectivity index is 1.83. The summed E-state index contributed by atoms with van der Waals surface area (Å²) in [6, 6.07) is 10.6. The molecule has 148 valence electrons. The third-order valence-corrected chi connectivity index (χ3v) is 5.57. The van der Waals surface area contributed by atoms with E-state index in [1.807, 2.05) is 0 Å². The zero-order valence-corrected chi connectivity index (χ0v) is 17.3. The highest BCUT2D eigenvalue weighted by molar-refractivity contribution is 5.95. The number of hydrazone groups is 1. The van der Waals surface area contributed by atoms with Gasteiger partial charge in [0.25, 0.3) is 5.91 Å². The maximum absolute atomic E-state index is 12.2. The molecule has 1 aliphatic rings. The molecule has 3 rings (SSSR count). The van der Waals surface area contributed by atoms with Crippen molar-refractivity contribution in [2.75, 3.05) is 11.4 Å². The fourth-order valence-electron chi connectivity index (χ4n) is 4.26. The maximum atomic E-state index is 12.2. The van der Waals surface area contributed by atoms with Crippen molar-refractivity contribution in [3.05, 3.63) is 58.7 Å². The lowest BCUT2D eigenvalue weighted by Crippen LogP contribution is -2.48. The predicted octanol–water partition coefficient (Wildman–Crippen LogP) is 4.58. The quantitative estimate of drug-likeness (QED) is 0.604. The zero-order valence-electron chi connectivity index (χ0n) is 17.3. The lowest BCUT2D eigenvalue weighted by molar-refractivity contribution is 0.0954. The molecule has 1 aliphatic heterocycles. The number of nitrogens with one attached hydrogen (secondary N) is 1. The van der Waals surface area contributed by atoms with Crippen molar-refractivity contribution in [1.82, 2.24) is 5.43 Å². The molecular weight excluding hydrogens is 350 g/mol. The van der Waals surface area contributed by atoms with Gasteiger partial charge < -0.3 is 10.0 Å². The summed E-state index contributed by atoms with van der Waals surface area (Å²) in [6.07, 6.45) is 2.79. The van der Waals surface area contributed by atoms with Crippen LogP contribution in [0.1, 0.15) is 67.1 Å². The fraction of sp³-hybridized carbons (Fsp3) is 0.391. The highest BCUT2D eigenvalue weighted by atomic mass is 16.3. The lowest BCUT2D eigenvalue weighted by Gasteiger charge is -2.47. The summed E-state index contributed by atoms with van der Waals surface area (Å²) in [7, 11) is 0. The van der Waals surface area contributed by atoms with E-state index in [0.29, 0.717) is 11.5 Å². The lowest BCUT2D eigenvalue weighted by atomic mass is 9.79. The van der Waals surface area contributed by atoms with Crippen molar-refractivity contribution in [2.45, 2.75) is 52.5 Å². The summed E-state index contributed by atoms with van der Waals surface area (Å²) in [5.74, 6) is 0.164. The molecule has 1 amide bonds. The smallest absolute Gasteiger partial charge is 0.271 e. The molecule has 0 aliphatic carbocycles. The maximum Gasteiger partial charge on any atom is 0.271 e. The average molecular weight is 380 g/mol. The number of carbonyl (C=O) groups excluding carboxylic acids is 1. The molecule has 2 aromatic rings. The van der Waals surface area contributed by atoms with E-state index in [4.69, 9.17) is 0 Å². The topological polar surface area (TPSA) is 64.9 Å². The van der Waals surface area contributed by atoms with Gasteiger partial charge in [-0.15, -0.1) is 0 Å². The van der Waals surface area contributed by atoms with Gasteiger partial charge in [0, 0.05) is 23.3 Å². The van der Waals surface area contributed by atoms with Crippen LogP contribution in [-0.2, 0) is 0 Å². The molecule has 0 saturated heterocycles. The Bertz CT molecular complexity index is 918. The van der Waals surface area contributed by atoms with Crippen molar-refractivity contribution in [3.63, 3.8) is 0 Å². The van der Waals surface area contributed by atoms with Crippen LogP contribution in [0.5, 0.6) is 5.75 Å². The molecule has 0 saturated carbocycles. The molecule has 2 N–H and O–H groups in total. The Kier molecular flexibility index (Phi) is 5.45. The van der Waals surface area contributed by atoms with E-state index in [-0.39, 0.29) is 17.2 Å². The molecule has 0 fully saturated rings. The Morgan fingerprint density at radius 3 is 2.79 bits per heavy atom. The number of phenols is 1. The molecule has 2 aromatic carbocycles. The number of benzene rings is 2. The molecule has 5 heteroatoms. The zero-order chi connectivity index (χ0) is 20.5. The summed E-state index contributed by atoms with van der Waals surface area (Å²) >= 11 is 0. The molecule has 0 bridgehead atoms. The molecular formula is C23H29N3O2. The highest BCUT2D eigenvalue weighted by Crippen LogP contribution is 2.43. The van der Waals surface area contributed by atoms with E-state index < -0.39 is 0 Å². The third-order valence-electron chi connectivity index (χ3n) is 5.57. The standard InChI is InChI=1S/C23H29N3O2/c1-6-26-21-10-15(2)18(12-20(21)16(3)13-23(26,4)5)14-24-25-22(28)17-8-7-9-19(27)11-17/h7-12,14,16,27H,6,13H2,1-5H3,(H,25,28)/b24-14+. The molecule has 5 nitrogen and oxygen atoms in total. The molecule has 0 spiro atoms. The Labute approximate surface area is 167 Å². The first-order valence-electron chi connectivity index (χ1n) is 9.77. The van der Waals surface area contributed by atoms with E-state index >= 15 is 0 Å². The monoisotopic (exact) mass is 379 g/mol. The van der Waals surface area contributed by atoms with Crippen LogP contribution in [0.25, 0.3) is 0 Å². The largest absolute Gasteiger partial charge is 0.508 e. The van der Waals surface area contributed by atoms with Crippen LogP contribution in [0.2, 0.25) is 0 Å². The number of nitrogens with zero attached hydrogens (tertiary/aromatic N) is 2. The van der Waals surface area contributed by atoms with Crippen LogP contribution >= 0.6 is 0 Å². The molecule has 1 atom stereocenters. The van der Waals surface area contributed by atoms with E-state index in [2.05, 4.69) is 62.2 Å². The minimum atomic E-state index is -0.352. The van der Waals surface area contributed by atoms with Gasteiger partial charge in [-0.1, -0.05) is 13.0 Å². The van der Waals surface area contributed by atoms with Crippen LogP contribution in [0.15, 0.2) is 41.5 Å². The van der Waals surface area contributed by atoms with E-state index in [1.165, 1.54) is 23.4 Å². The number of hydrogen-bond acceptors (Lipinski definition) is 4. The van der Waals surface area contributed by atoms with Gasteiger partial charge >= 0.3 is 0 Å². The number of aryl methyl sites for hydroxylation is 1. The van der Waals surface area contributed by atoms with E-state index in [1.54, 1.807) is 18.3 Å². The van der Waals surface area contributed by atoms with Gasteiger partial charge in [0.2, 0.25) is 0 Å². The number of amides is 1. The second-order valence-electron chi connectivity index (χ2n) is 8.18. The number of hydrogen-bond donors (Lipinski definition) is 2. The van der Waals surface area contributed by atoms with E-state index in [9.17, 15) is 9.90 Å². The van der Waals surface area contributed by atoms with E-state index in [0.717, 1.165) is 24.1 Å². The van der Waals surface area contributed by atoms with Gasteiger partial charge in [-0.25, -0.2) is 5.43 Å². The molecule has 0 aromatic heterocycles. The van der Waals surface area contributed by atoms with Gasteiger partial charge in [-0.3, -0.25) is 4.79 Å². The molecule has 28 heavy (non-hydrogen) atoms. The van der Waals surface area contributed by atoms with Gasteiger partial charge in [-0.05, 0) is 87.1 Å². The second kappa shape index (κ2) is 7.66. The van der Waals surface area contributed by atoms with Gasteiger partial charge in [0.15, 0.2) is 0 Å². The Hall–Kier alpha value is -2.82. The number of carbonyl (C=O) groups is 1. The van der Waals surface area contributed by atoms with Crippen LogP contribution in [0, 0.1) is 6.92 Å². The predicted molar refractivity (Wildman–Crippen MR) is 114 cm³/mol. The van der Waals surface area contributed by atoms with Gasteiger partial charge in [0.05, 0.1) is 6.21 Å². The summed E-state index contributed by atoms with van der Waals surface area (Å²) in [6.45, 7) is 12.1. The normalized spacial score (nSPS) is 18.2. The van der Waals surface area contributed by atoms with Crippen molar-refractivity contribution < 1.29 is 9.90 Å². The Morgan fingerprint density at radius 2 is 2.11 bits per heavy atom. The van der Waals surface area contributed by atoms with Gasteiger partial charge in [-0.2, -0.15) is 5.10 Å².